The maximum absolute atomic E-state index is 9.89. The molecule has 0 spiro atoms. The van der Waals surface area contributed by atoms with Crippen LogP contribution in [0.5, 0.6) is 0 Å². The minimum atomic E-state index is -0.139. The fraction of sp³-hybridized carbons (Fsp3) is 1.00. The van der Waals surface area contributed by atoms with Gasteiger partial charge in [-0.3, -0.25) is 0 Å². The molecule has 0 aromatic heterocycles. The highest BCUT2D eigenvalue weighted by atomic mass is 16.3. The summed E-state index contributed by atoms with van der Waals surface area (Å²) in [6.45, 7) is 11.3. The van der Waals surface area contributed by atoms with Gasteiger partial charge >= 0.3 is 0 Å². The molecule has 1 aliphatic rings. The van der Waals surface area contributed by atoms with Crippen molar-refractivity contribution in [3.8, 4) is 0 Å². The zero-order valence-corrected chi connectivity index (χ0v) is 15.3. The van der Waals surface area contributed by atoms with Crippen LogP contribution in [0, 0.1) is 23.2 Å². The molecule has 1 rings (SSSR count). The minimum absolute atomic E-state index is 0.139. The Morgan fingerprint density at radius 2 is 1.52 bits per heavy atom. The Labute approximate surface area is 133 Å². The maximum atomic E-state index is 9.89. The summed E-state index contributed by atoms with van der Waals surface area (Å²) in [5.74, 6) is 2.71. The van der Waals surface area contributed by atoms with Gasteiger partial charge in [-0.1, -0.05) is 66.2 Å². The third-order valence-corrected chi connectivity index (χ3v) is 6.04. The molecule has 0 radical (unpaired) electrons. The molecule has 0 aliphatic heterocycles. The number of hydrogen-bond donors (Lipinski definition) is 1. The number of aliphatic hydroxyl groups excluding tert-OH is 1. The van der Waals surface area contributed by atoms with Crippen molar-refractivity contribution in [1.82, 2.24) is 0 Å². The van der Waals surface area contributed by atoms with Gasteiger partial charge in [0.25, 0.3) is 0 Å². The van der Waals surface area contributed by atoms with Crippen LogP contribution in [0.2, 0.25) is 0 Å². The van der Waals surface area contributed by atoms with Crippen LogP contribution >= 0.6 is 0 Å². The van der Waals surface area contributed by atoms with Crippen molar-refractivity contribution in [3.63, 3.8) is 0 Å². The van der Waals surface area contributed by atoms with Crippen LogP contribution in [0.3, 0.4) is 0 Å². The summed E-state index contributed by atoms with van der Waals surface area (Å²) < 4.78 is 0. The molecule has 0 saturated heterocycles. The maximum Gasteiger partial charge on any atom is 0.0565 e. The highest BCUT2D eigenvalue weighted by Crippen LogP contribution is 2.42. The lowest BCUT2D eigenvalue weighted by Crippen LogP contribution is -2.34. The topological polar surface area (TPSA) is 20.2 Å². The Kier molecular flexibility index (Phi) is 8.31. The van der Waals surface area contributed by atoms with Gasteiger partial charge in [0.2, 0.25) is 0 Å². The second kappa shape index (κ2) is 9.18. The molecule has 0 bridgehead atoms. The zero-order valence-electron chi connectivity index (χ0n) is 15.3. The second-order valence-corrected chi connectivity index (χ2v) is 8.63. The first kappa shape index (κ1) is 19.0. The molecule has 1 N–H and O–H groups in total. The van der Waals surface area contributed by atoms with E-state index in [0.29, 0.717) is 0 Å². The summed E-state index contributed by atoms with van der Waals surface area (Å²) in [6.07, 6.45) is 13.5. The van der Waals surface area contributed by atoms with E-state index in [2.05, 4.69) is 27.7 Å². The molecular formula is C20H40O. The normalized spacial score (nSPS) is 29.6. The van der Waals surface area contributed by atoms with Crippen molar-refractivity contribution in [2.45, 2.75) is 105 Å². The first-order valence-corrected chi connectivity index (χ1v) is 9.51. The fourth-order valence-electron chi connectivity index (χ4n) is 3.82. The zero-order chi connectivity index (χ0) is 15.9. The molecule has 0 aromatic carbocycles. The van der Waals surface area contributed by atoms with E-state index in [1.165, 1.54) is 64.2 Å². The van der Waals surface area contributed by atoms with Crippen molar-refractivity contribution in [3.05, 3.63) is 0 Å². The van der Waals surface area contributed by atoms with Crippen LogP contribution in [-0.4, -0.2) is 11.2 Å². The minimum Gasteiger partial charge on any atom is -0.393 e. The quantitative estimate of drug-likeness (QED) is 0.537. The van der Waals surface area contributed by atoms with Gasteiger partial charge in [0.1, 0.15) is 0 Å². The van der Waals surface area contributed by atoms with Gasteiger partial charge in [-0.2, -0.15) is 0 Å². The molecule has 2 atom stereocenters. The van der Waals surface area contributed by atoms with Gasteiger partial charge in [0, 0.05) is 0 Å². The number of rotatable bonds is 9. The molecule has 1 nitrogen and oxygen atoms in total. The predicted molar refractivity (Wildman–Crippen MR) is 93.4 cm³/mol. The van der Waals surface area contributed by atoms with E-state index >= 15 is 0 Å². The van der Waals surface area contributed by atoms with E-state index in [1.807, 2.05) is 6.92 Å². The summed E-state index contributed by atoms with van der Waals surface area (Å²) in [6, 6.07) is 0. The highest BCUT2D eigenvalue weighted by Gasteiger charge is 2.34. The molecule has 0 heterocycles. The highest BCUT2D eigenvalue weighted by molar-refractivity contribution is 4.85. The third-order valence-electron chi connectivity index (χ3n) is 6.04. The molecule has 1 fully saturated rings. The Balaban J connectivity index is 2.09. The molecule has 1 aliphatic carbocycles. The van der Waals surface area contributed by atoms with Crippen LogP contribution < -0.4 is 0 Å². The van der Waals surface area contributed by atoms with Crippen LogP contribution in [0.1, 0.15) is 98.8 Å². The molecule has 2 unspecified atom stereocenters. The molecular weight excluding hydrogens is 256 g/mol. The number of hydrogen-bond acceptors (Lipinski definition) is 1. The summed E-state index contributed by atoms with van der Waals surface area (Å²) in [4.78, 5) is 0. The van der Waals surface area contributed by atoms with Gasteiger partial charge < -0.3 is 5.11 Å². The summed E-state index contributed by atoms with van der Waals surface area (Å²) in [5, 5.41) is 9.89. The van der Waals surface area contributed by atoms with Gasteiger partial charge in [0.15, 0.2) is 0 Å². The third kappa shape index (κ3) is 7.17. The van der Waals surface area contributed by atoms with Gasteiger partial charge in [0.05, 0.1) is 6.10 Å². The van der Waals surface area contributed by atoms with Crippen molar-refractivity contribution in [1.29, 1.82) is 0 Å². The lowest BCUT2D eigenvalue weighted by atomic mass is 9.68. The Morgan fingerprint density at radius 3 is 2.05 bits per heavy atom. The van der Waals surface area contributed by atoms with E-state index in [0.717, 1.165) is 17.8 Å². The Morgan fingerprint density at radius 1 is 0.952 bits per heavy atom. The summed E-state index contributed by atoms with van der Waals surface area (Å²) in [5.41, 5.74) is 0.195. The molecule has 1 saturated carbocycles. The standard InChI is InChI=1S/C20H40O/c1-16(2)8-6-9-17(3)10-7-11-19-12-14-20(5,15-13-19)18(4)21/h16-19,21H,6-15H2,1-5H3. The van der Waals surface area contributed by atoms with Crippen LogP contribution in [0.25, 0.3) is 0 Å². The summed E-state index contributed by atoms with van der Waals surface area (Å²) in [7, 11) is 0. The lowest BCUT2D eigenvalue weighted by molar-refractivity contribution is 0.0103. The average Bonchev–Trinajstić information content (AvgIpc) is 2.40. The molecule has 126 valence electrons. The molecule has 1 heteroatoms. The smallest absolute Gasteiger partial charge is 0.0565 e. The van der Waals surface area contributed by atoms with E-state index in [-0.39, 0.29) is 11.5 Å². The first-order valence-electron chi connectivity index (χ1n) is 9.51. The van der Waals surface area contributed by atoms with Crippen molar-refractivity contribution < 1.29 is 5.11 Å². The SMILES string of the molecule is CC(C)CCCC(C)CCCC1CCC(C)(C(C)O)CC1. The van der Waals surface area contributed by atoms with E-state index < -0.39 is 0 Å². The van der Waals surface area contributed by atoms with Crippen molar-refractivity contribution in [2.75, 3.05) is 0 Å². The fourth-order valence-corrected chi connectivity index (χ4v) is 3.82. The van der Waals surface area contributed by atoms with Crippen LogP contribution in [0.4, 0.5) is 0 Å². The molecule has 21 heavy (non-hydrogen) atoms. The van der Waals surface area contributed by atoms with Crippen LogP contribution in [0.15, 0.2) is 0 Å². The lowest BCUT2D eigenvalue weighted by Gasteiger charge is -2.39. The van der Waals surface area contributed by atoms with E-state index in [4.69, 9.17) is 0 Å². The van der Waals surface area contributed by atoms with E-state index in [9.17, 15) is 5.11 Å². The van der Waals surface area contributed by atoms with Crippen LogP contribution in [-0.2, 0) is 0 Å². The number of aliphatic hydroxyl groups is 1. The van der Waals surface area contributed by atoms with E-state index in [1.54, 1.807) is 0 Å². The van der Waals surface area contributed by atoms with Crippen molar-refractivity contribution in [2.24, 2.45) is 23.2 Å². The first-order chi connectivity index (χ1) is 9.83. The largest absolute Gasteiger partial charge is 0.393 e. The molecule has 0 amide bonds. The second-order valence-electron chi connectivity index (χ2n) is 8.63. The average molecular weight is 297 g/mol. The van der Waals surface area contributed by atoms with Gasteiger partial charge in [-0.15, -0.1) is 0 Å². The Bertz CT molecular complexity index is 261. The monoisotopic (exact) mass is 296 g/mol. The van der Waals surface area contributed by atoms with Gasteiger partial charge in [-0.25, -0.2) is 0 Å². The summed E-state index contributed by atoms with van der Waals surface area (Å²) >= 11 is 0. The molecule has 0 aromatic rings. The Hall–Kier alpha value is -0.0400. The predicted octanol–water partition coefficient (Wildman–Crippen LogP) is 6.20. The van der Waals surface area contributed by atoms with Crippen molar-refractivity contribution >= 4 is 0 Å². The van der Waals surface area contributed by atoms with Gasteiger partial charge in [-0.05, 0) is 55.8 Å².